The van der Waals surface area contributed by atoms with Gasteiger partial charge in [-0.15, -0.1) is 24.0 Å². The number of aliphatic imine (C=N–C) groups is 1. The monoisotopic (exact) mass is 517 g/mol. The lowest BCUT2D eigenvalue weighted by Gasteiger charge is -2.30. The van der Waals surface area contributed by atoms with Crippen LogP contribution in [0.2, 0.25) is 0 Å². The molecule has 0 saturated carbocycles. The van der Waals surface area contributed by atoms with Crippen molar-refractivity contribution in [3.8, 4) is 5.75 Å². The van der Waals surface area contributed by atoms with Gasteiger partial charge >= 0.3 is 0 Å². The number of nitrogens with two attached hydrogens (primary N) is 1. The second kappa shape index (κ2) is 14.4. The van der Waals surface area contributed by atoms with E-state index in [4.69, 9.17) is 10.5 Å². The van der Waals surface area contributed by atoms with Crippen molar-refractivity contribution in [2.45, 2.75) is 25.7 Å². The van der Waals surface area contributed by atoms with Crippen molar-refractivity contribution in [3.05, 3.63) is 30.3 Å². The third-order valence-corrected chi connectivity index (χ3v) is 5.19. The molecule has 1 heterocycles. The topological polar surface area (TPSA) is 83.2 Å². The molecule has 7 nitrogen and oxygen atoms in total. The summed E-state index contributed by atoms with van der Waals surface area (Å²) in [5.41, 5.74) is 5.39. The molecule has 1 fully saturated rings. The Morgan fingerprint density at radius 2 is 1.97 bits per heavy atom. The first-order valence-electron chi connectivity index (χ1n) is 10.2. The molecule has 1 saturated heterocycles. The molecule has 164 valence electrons. The smallest absolute Gasteiger partial charge is 0.220 e. The molecule has 0 aliphatic carbocycles. The van der Waals surface area contributed by atoms with Crippen molar-refractivity contribution in [1.29, 1.82) is 0 Å². The third-order valence-electron chi connectivity index (χ3n) is 5.19. The number of carbonyl (C=O) groups excluding carboxylic acids is 1. The number of likely N-dealkylation sites (tertiary alicyclic amines) is 1. The summed E-state index contributed by atoms with van der Waals surface area (Å²) in [5.74, 6) is 1.70. The van der Waals surface area contributed by atoms with Gasteiger partial charge in [-0.1, -0.05) is 18.2 Å². The Morgan fingerprint density at radius 1 is 1.28 bits per heavy atom. The van der Waals surface area contributed by atoms with Crippen molar-refractivity contribution in [2.24, 2.45) is 16.6 Å². The Kier molecular flexibility index (Phi) is 12.7. The van der Waals surface area contributed by atoms with Crippen LogP contribution in [0.15, 0.2) is 35.3 Å². The van der Waals surface area contributed by atoms with Crippen LogP contribution in [0.3, 0.4) is 0 Å². The number of rotatable bonds is 10. The zero-order valence-corrected chi connectivity index (χ0v) is 20.0. The van der Waals surface area contributed by atoms with Gasteiger partial charge in [0.25, 0.3) is 0 Å². The van der Waals surface area contributed by atoms with Crippen LogP contribution in [0.5, 0.6) is 5.75 Å². The SMILES string of the molecule is CN=C(NCCCCN1CCC(C(N)=O)CC1)N(C)CCOc1ccccc1.I. The van der Waals surface area contributed by atoms with Crippen LogP contribution in [0.4, 0.5) is 0 Å². The van der Waals surface area contributed by atoms with Crippen LogP contribution in [0.1, 0.15) is 25.7 Å². The summed E-state index contributed by atoms with van der Waals surface area (Å²) < 4.78 is 5.74. The number of hydrogen-bond acceptors (Lipinski definition) is 4. The largest absolute Gasteiger partial charge is 0.492 e. The summed E-state index contributed by atoms with van der Waals surface area (Å²) in [7, 11) is 3.83. The Morgan fingerprint density at radius 3 is 2.59 bits per heavy atom. The normalized spacial score (nSPS) is 15.4. The second-order valence-electron chi connectivity index (χ2n) is 7.28. The van der Waals surface area contributed by atoms with Crippen molar-refractivity contribution >= 4 is 35.8 Å². The van der Waals surface area contributed by atoms with Crippen LogP contribution in [0.25, 0.3) is 0 Å². The molecule has 0 aromatic heterocycles. The number of amides is 1. The number of halogens is 1. The average Bonchev–Trinajstić information content (AvgIpc) is 2.71. The highest BCUT2D eigenvalue weighted by molar-refractivity contribution is 14.0. The molecule has 1 aliphatic rings. The van der Waals surface area contributed by atoms with E-state index < -0.39 is 0 Å². The fourth-order valence-corrected chi connectivity index (χ4v) is 3.41. The van der Waals surface area contributed by atoms with Gasteiger partial charge in [-0.2, -0.15) is 0 Å². The van der Waals surface area contributed by atoms with E-state index in [1.165, 1.54) is 0 Å². The van der Waals surface area contributed by atoms with Crippen molar-refractivity contribution in [1.82, 2.24) is 15.1 Å². The number of primary amides is 1. The first kappa shape index (κ1) is 25.5. The number of guanidine groups is 1. The maximum Gasteiger partial charge on any atom is 0.220 e. The molecular formula is C21H36IN5O2. The minimum Gasteiger partial charge on any atom is -0.492 e. The first-order valence-corrected chi connectivity index (χ1v) is 10.2. The van der Waals surface area contributed by atoms with Gasteiger partial charge in [-0.3, -0.25) is 9.79 Å². The van der Waals surface area contributed by atoms with E-state index in [9.17, 15) is 4.79 Å². The number of likely N-dealkylation sites (N-methyl/N-ethyl adjacent to an activating group) is 1. The maximum atomic E-state index is 11.2. The summed E-state index contributed by atoms with van der Waals surface area (Å²) >= 11 is 0. The molecule has 3 N–H and O–H groups in total. The number of ether oxygens (including phenoxy) is 1. The minimum atomic E-state index is -0.145. The van der Waals surface area contributed by atoms with E-state index in [0.29, 0.717) is 6.61 Å². The van der Waals surface area contributed by atoms with Gasteiger partial charge in [0.05, 0.1) is 6.54 Å². The molecule has 29 heavy (non-hydrogen) atoms. The molecule has 0 radical (unpaired) electrons. The Balaban J connectivity index is 0.00000420. The van der Waals surface area contributed by atoms with Crippen molar-refractivity contribution in [3.63, 3.8) is 0 Å². The van der Waals surface area contributed by atoms with Crippen LogP contribution >= 0.6 is 24.0 Å². The number of carbonyl (C=O) groups is 1. The van der Waals surface area contributed by atoms with Gasteiger partial charge in [0.15, 0.2) is 5.96 Å². The number of hydrogen-bond donors (Lipinski definition) is 2. The maximum absolute atomic E-state index is 11.2. The zero-order chi connectivity index (χ0) is 20.2. The van der Waals surface area contributed by atoms with Crippen LogP contribution < -0.4 is 15.8 Å². The lowest BCUT2D eigenvalue weighted by molar-refractivity contribution is -0.123. The Bertz CT molecular complexity index is 606. The molecule has 1 aromatic rings. The van der Waals surface area contributed by atoms with Crippen LogP contribution in [-0.2, 0) is 4.79 Å². The number of benzene rings is 1. The van der Waals surface area contributed by atoms with E-state index >= 15 is 0 Å². The molecule has 0 spiro atoms. The summed E-state index contributed by atoms with van der Waals surface area (Å²) in [6.45, 7) is 5.31. The Labute approximate surface area is 192 Å². The highest BCUT2D eigenvalue weighted by Gasteiger charge is 2.22. The number of nitrogens with zero attached hydrogens (tertiary/aromatic N) is 3. The minimum absolute atomic E-state index is 0. The highest BCUT2D eigenvalue weighted by Crippen LogP contribution is 2.16. The predicted octanol–water partition coefficient (Wildman–Crippen LogP) is 2.17. The predicted molar refractivity (Wildman–Crippen MR) is 129 cm³/mol. The molecule has 2 rings (SSSR count). The molecule has 8 heteroatoms. The summed E-state index contributed by atoms with van der Waals surface area (Å²) in [6.07, 6.45) is 4.02. The standard InChI is InChI=1S/C21H35N5O2.HI/c1-23-21(25(2)16-17-28-19-8-4-3-5-9-19)24-12-6-7-13-26-14-10-18(11-15-26)20(22)27;/h3-5,8-9,18H,6-7,10-17H2,1-2H3,(H2,22,27)(H,23,24);1H. The molecule has 0 unspecified atom stereocenters. The fraction of sp³-hybridized carbons (Fsp3) is 0.619. The molecule has 1 amide bonds. The Hall–Kier alpha value is -1.55. The summed E-state index contributed by atoms with van der Waals surface area (Å²) in [5, 5.41) is 3.42. The van der Waals surface area contributed by atoms with Gasteiger partial charge in [0.1, 0.15) is 12.4 Å². The van der Waals surface area contributed by atoms with Crippen LogP contribution in [-0.4, -0.2) is 75.1 Å². The molecule has 0 bridgehead atoms. The van der Waals surface area contributed by atoms with E-state index in [1.54, 1.807) is 7.05 Å². The summed E-state index contributed by atoms with van der Waals surface area (Å²) in [4.78, 5) is 20.1. The van der Waals surface area contributed by atoms with Crippen LogP contribution in [0, 0.1) is 5.92 Å². The van der Waals surface area contributed by atoms with Gasteiger partial charge in [-0.25, -0.2) is 0 Å². The summed E-state index contributed by atoms with van der Waals surface area (Å²) in [6, 6.07) is 9.85. The number of para-hydroxylation sites is 1. The van der Waals surface area contributed by atoms with Crippen molar-refractivity contribution < 1.29 is 9.53 Å². The fourth-order valence-electron chi connectivity index (χ4n) is 3.41. The molecule has 1 aliphatic heterocycles. The molecule has 0 atom stereocenters. The zero-order valence-electron chi connectivity index (χ0n) is 17.7. The first-order chi connectivity index (χ1) is 13.6. The van der Waals surface area contributed by atoms with Gasteiger partial charge in [0, 0.05) is 26.6 Å². The second-order valence-corrected chi connectivity index (χ2v) is 7.28. The van der Waals surface area contributed by atoms with E-state index in [0.717, 1.165) is 70.1 Å². The van der Waals surface area contributed by atoms with Gasteiger partial charge in [0.2, 0.25) is 5.91 Å². The van der Waals surface area contributed by atoms with E-state index in [-0.39, 0.29) is 35.8 Å². The average molecular weight is 517 g/mol. The highest BCUT2D eigenvalue weighted by atomic mass is 127. The number of nitrogens with one attached hydrogen (secondary N) is 1. The quantitative estimate of drug-likeness (QED) is 0.215. The lowest BCUT2D eigenvalue weighted by atomic mass is 9.96. The molecule has 1 aromatic carbocycles. The van der Waals surface area contributed by atoms with Gasteiger partial charge in [-0.05, 0) is 57.5 Å². The van der Waals surface area contributed by atoms with Crippen molar-refractivity contribution in [2.75, 3.05) is 53.4 Å². The van der Waals surface area contributed by atoms with E-state index in [1.807, 2.05) is 37.4 Å². The van der Waals surface area contributed by atoms with E-state index in [2.05, 4.69) is 20.1 Å². The number of unbranched alkanes of at least 4 members (excludes halogenated alkanes) is 1. The molecular weight excluding hydrogens is 481 g/mol. The lowest BCUT2D eigenvalue weighted by Crippen LogP contribution is -2.41. The third kappa shape index (κ3) is 9.66. The number of piperidine rings is 1. The van der Waals surface area contributed by atoms with Gasteiger partial charge < -0.3 is 25.6 Å².